The van der Waals surface area contributed by atoms with E-state index in [0.717, 1.165) is 5.56 Å². The molecule has 0 radical (unpaired) electrons. The van der Waals surface area contributed by atoms with Crippen molar-refractivity contribution >= 4 is 23.4 Å². The summed E-state index contributed by atoms with van der Waals surface area (Å²) >= 11 is 0. The molecule has 5 atom stereocenters. The molecule has 2 rings (SSSR count). The van der Waals surface area contributed by atoms with Crippen LogP contribution in [0, 0.1) is 5.92 Å². The van der Waals surface area contributed by atoms with Gasteiger partial charge in [-0.05, 0) is 43.8 Å². The van der Waals surface area contributed by atoms with Crippen LogP contribution < -0.4 is 11.5 Å². The maximum atomic E-state index is 14.5. The maximum absolute atomic E-state index is 14.5. The van der Waals surface area contributed by atoms with Gasteiger partial charge in [0.25, 0.3) is 5.91 Å². The lowest BCUT2D eigenvalue weighted by molar-refractivity contribution is -0.160. The van der Waals surface area contributed by atoms with Crippen LogP contribution in [0.3, 0.4) is 0 Å². The number of nitrogens with two attached hydrogens (primary N) is 2. The molecular weight excluding hydrogens is 448 g/mol. The number of likely N-dealkylation sites (N-methyl/N-ethyl adjacent to an activating group) is 1. The van der Waals surface area contributed by atoms with Crippen LogP contribution in [-0.4, -0.2) is 81.6 Å². The molecule has 0 saturated carbocycles. The topological polar surface area (TPSA) is 147 Å². The summed E-state index contributed by atoms with van der Waals surface area (Å²) in [7, 11) is 0. The second-order valence-electron chi connectivity index (χ2n) is 9.34. The third kappa shape index (κ3) is 5.63. The molecule has 1 heterocycles. The van der Waals surface area contributed by atoms with Crippen molar-refractivity contribution in [1.82, 2.24) is 9.80 Å². The number of Topliss-reactive ketones (excluding diaryl/α,β-unsaturated/α-hetero) is 2. The summed E-state index contributed by atoms with van der Waals surface area (Å²) in [6, 6.07) is 5.83. The van der Waals surface area contributed by atoms with E-state index in [4.69, 9.17) is 11.5 Å². The standard InChI is InChI=1S/C26H40N4O5/c1-5-17(4)21(29(6-2)7-3)23(32)26(25(28)35,30-15-11-14-20(30)24(33)34)22(31)19(27)16-18-12-9-8-10-13-18/h8-10,12-13,17,19-21H,5-7,11,14-16,27H2,1-4H3,(H2,28,35)(H,33,34)/t17-,19-,20-,21-,26?/m1/s1. The van der Waals surface area contributed by atoms with Crippen LogP contribution >= 0.6 is 0 Å². The first-order valence-electron chi connectivity index (χ1n) is 12.5. The van der Waals surface area contributed by atoms with Crippen LogP contribution in [0.25, 0.3) is 0 Å². The second-order valence-corrected chi connectivity index (χ2v) is 9.34. The van der Waals surface area contributed by atoms with E-state index < -0.39 is 47.1 Å². The van der Waals surface area contributed by atoms with Crippen molar-refractivity contribution in [2.24, 2.45) is 17.4 Å². The average molecular weight is 489 g/mol. The molecule has 1 aromatic rings. The minimum Gasteiger partial charge on any atom is -0.480 e. The van der Waals surface area contributed by atoms with Gasteiger partial charge in [0.2, 0.25) is 5.54 Å². The number of benzene rings is 1. The number of carboxylic acids is 1. The van der Waals surface area contributed by atoms with Crippen molar-refractivity contribution in [3.8, 4) is 0 Å². The molecule has 5 N–H and O–H groups in total. The fraction of sp³-hybridized carbons (Fsp3) is 0.615. The molecule has 0 aliphatic carbocycles. The van der Waals surface area contributed by atoms with E-state index in [1.54, 1.807) is 24.3 Å². The number of aliphatic carboxylic acids is 1. The van der Waals surface area contributed by atoms with Gasteiger partial charge in [-0.1, -0.05) is 64.4 Å². The molecule has 35 heavy (non-hydrogen) atoms. The van der Waals surface area contributed by atoms with E-state index >= 15 is 0 Å². The fourth-order valence-electron chi connectivity index (χ4n) is 5.28. The summed E-state index contributed by atoms with van der Waals surface area (Å²) in [6.07, 6.45) is 1.33. The third-order valence-corrected chi connectivity index (χ3v) is 7.33. The number of hydrogen-bond donors (Lipinski definition) is 3. The van der Waals surface area contributed by atoms with E-state index in [9.17, 15) is 24.3 Å². The number of hydrogen-bond acceptors (Lipinski definition) is 7. The Morgan fingerprint density at radius 2 is 1.71 bits per heavy atom. The number of carbonyl (C=O) groups excluding carboxylic acids is 3. The molecule has 1 fully saturated rings. The van der Waals surface area contributed by atoms with Crippen molar-refractivity contribution in [1.29, 1.82) is 0 Å². The van der Waals surface area contributed by atoms with Gasteiger partial charge in [-0.3, -0.25) is 29.0 Å². The minimum absolute atomic E-state index is 0.0842. The van der Waals surface area contributed by atoms with E-state index in [0.29, 0.717) is 25.9 Å². The highest BCUT2D eigenvalue weighted by Crippen LogP contribution is 2.34. The Morgan fingerprint density at radius 1 is 1.11 bits per heavy atom. The highest BCUT2D eigenvalue weighted by Gasteiger charge is 2.62. The van der Waals surface area contributed by atoms with Gasteiger partial charge in [0.1, 0.15) is 6.04 Å². The molecule has 1 aromatic carbocycles. The minimum atomic E-state index is -2.47. The first kappa shape index (κ1) is 28.6. The van der Waals surface area contributed by atoms with Crippen LogP contribution in [0.2, 0.25) is 0 Å². The predicted octanol–water partition coefficient (Wildman–Crippen LogP) is 1.22. The van der Waals surface area contributed by atoms with Gasteiger partial charge < -0.3 is 16.6 Å². The number of ketones is 2. The number of rotatable bonds is 14. The molecule has 1 aliphatic heterocycles. The van der Waals surface area contributed by atoms with Crippen LogP contribution in [0.4, 0.5) is 0 Å². The smallest absolute Gasteiger partial charge is 0.320 e. The van der Waals surface area contributed by atoms with Crippen molar-refractivity contribution < 1.29 is 24.3 Å². The number of likely N-dealkylation sites (tertiary alicyclic amines) is 1. The van der Waals surface area contributed by atoms with Crippen LogP contribution in [0.15, 0.2) is 30.3 Å². The highest BCUT2D eigenvalue weighted by atomic mass is 16.4. The van der Waals surface area contributed by atoms with Crippen molar-refractivity contribution in [2.45, 2.75) is 77.0 Å². The number of carboxylic acid groups (broad SMARTS) is 1. The van der Waals surface area contributed by atoms with E-state index in [2.05, 4.69) is 0 Å². The van der Waals surface area contributed by atoms with Crippen LogP contribution in [0.1, 0.15) is 52.5 Å². The molecule has 0 spiro atoms. The average Bonchev–Trinajstić information content (AvgIpc) is 3.33. The summed E-state index contributed by atoms with van der Waals surface area (Å²) in [5.41, 5.74) is 10.6. The fourth-order valence-corrected chi connectivity index (χ4v) is 5.28. The lowest BCUT2D eigenvalue weighted by atomic mass is 9.75. The summed E-state index contributed by atoms with van der Waals surface area (Å²) in [5, 5.41) is 9.90. The zero-order valence-electron chi connectivity index (χ0n) is 21.3. The molecule has 0 aromatic heterocycles. The zero-order chi connectivity index (χ0) is 26.3. The summed E-state index contributed by atoms with van der Waals surface area (Å²) in [6.45, 7) is 8.73. The zero-order valence-corrected chi connectivity index (χ0v) is 21.3. The maximum Gasteiger partial charge on any atom is 0.320 e. The monoisotopic (exact) mass is 488 g/mol. The van der Waals surface area contributed by atoms with Crippen molar-refractivity contribution in [3.05, 3.63) is 35.9 Å². The van der Waals surface area contributed by atoms with E-state index in [1.807, 2.05) is 38.7 Å². The van der Waals surface area contributed by atoms with Gasteiger partial charge in [-0.2, -0.15) is 0 Å². The predicted molar refractivity (Wildman–Crippen MR) is 134 cm³/mol. The first-order valence-corrected chi connectivity index (χ1v) is 12.5. The Bertz CT molecular complexity index is 904. The second kappa shape index (κ2) is 12.4. The van der Waals surface area contributed by atoms with Crippen molar-refractivity contribution in [2.75, 3.05) is 19.6 Å². The number of carbonyl (C=O) groups is 4. The van der Waals surface area contributed by atoms with E-state index in [1.165, 1.54) is 4.90 Å². The van der Waals surface area contributed by atoms with Crippen LogP contribution in [0.5, 0.6) is 0 Å². The molecular formula is C26H40N4O5. The molecule has 9 heteroatoms. The highest BCUT2D eigenvalue weighted by molar-refractivity contribution is 6.31. The molecule has 194 valence electrons. The largest absolute Gasteiger partial charge is 0.480 e. The SMILES string of the molecule is CC[C@@H](C)[C@H](C(=O)C(C(N)=O)(C(=O)[C@H](N)Cc1ccccc1)N1CCC[C@@H]1C(=O)O)N(CC)CC. The van der Waals surface area contributed by atoms with Gasteiger partial charge in [0, 0.05) is 6.54 Å². The molecule has 1 saturated heterocycles. The molecule has 1 amide bonds. The third-order valence-electron chi connectivity index (χ3n) is 7.33. The van der Waals surface area contributed by atoms with Gasteiger partial charge in [0.05, 0.1) is 12.1 Å². The van der Waals surface area contributed by atoms with Gasteiger partial charge in [-0.25, -0.2) is 0 Å². The molecule has 1 aliphatic rings. The molecule has 1 unspecified atom stereocenters. The summed E-state index contributed by atoms with van der Waals surface area (Å²) in [4.78, 5) is 57.1. The van der Waals surface area contributed by atoms with Gasteiger partial charge >= 0.3 is 5.97 Å². The number of amides is 1. The normalized spacial score (nSPS) is 20.7. The lowest BCUT2D eigenvalue weighted by Crippen LogP contribution is -2.75. The van der Waals surface area contributed by atoms with Gasteiger partial charge in [-0.15, -0.1) is 0 Å². The number of primary amides is 1. The van der Waals surface area contributed by atoms with Crippen molar-refractivity contribution in [3.63, 3.8) is 0 Å². The Kier molecular flexibility index (Phi) is 10.1. The first-order chi connectivity index (χ1) is 16.6. The Morgan fingerprint density at radius 3 is 2.20 bits per heavy atom. The summed E-state index contributed by atoms with van der Waals surface area (Å²) in [5.74, 6) is -4.08. The quantitative estimate of drug-likeness (QED) is 0.331. The van der Waals surface area contributed by atoms with Crippen LogP contribution in [-0.2, 0) is 25.6 Å². The Balaban J connectivity index is 2.71. The number of nitrogens with zero attached hydrogens (tertiary/aromatic N) is 2. The molecule has 0 bridgehead atoms. The molecule has 9 nitrogen and oxygen atoms in total. The Labute approximate surface area is 207 Å². The van der Waals surface area contributed by atoms with E-state index in [-0.39, 0.29) is 25.3 Å². The summed E-state index contributed by atoms with van der Waals surface area (Å²) < 4.78 is 0. The Hall–Kier alpha value is -2.62. The lowest BCUT2D eigenvalue weighted by Gasteiger charge is -2.44. The van der Waals surface area contributed by atoms with Gasteiger partial charge in [0.15, 0.2) is 11.6 Å².